The topological polar surface area (TPSA) is 3.24 Å². The lowest BCUT2D eigenvalue weighted by atomic mass is 9.86. The molecule has 0 saturated carbocycles. The third-order valence-corrected chi connectivity index (χ3v) is 5.70. The number of benzene rings is 3. The van der Waals surface area contributed by atoms with Crippen molar-refractivity contribution in [3.05, 3.63) is 107 Å². The van der Waals surface area contributed by atoms with Crippen molar-refractivity contribution in [1.29, 1.82) is 0 Å². The van der Waals surface area contributed by atoms with Gasteiger partial charge in [0.15, 0.2) is 0 Å². The Hall–Kier alpha value is -2.38. The van der Waals surface area contributed by atoms with E-state index in [1.807, 2.05) is 0 Å². The number of hydrogen-bond acceptors (Lipinski definition) is 1. The summed E-state index contributed by atoms with van der Waals surface area (Å²) in [5, 5.41) is 0. The van der Waals surface area contributed by atoms with Crippen LogP contribution in [-0.4, -0.2) is 4.90 Å². The summed E-state index contributed by atoms with van der Waals surface area (Å²) in [7, 11) is 0. The van der Waals surface area contributed by atoms with Gasteiger partial charge in [-0.05, 0) is 38.6 Å². The summed E-state index contributed by atoms with van der Waals surface area (Å²) in [5.41, 5.74) is 7.25. The second-order valence-corrected chi connectivity index (χ2v) is 10.5. The average molecular weight is 400 g/mol. The van der Waals surface area contributed by atoms with E-state index in [1.54, 1.807) is 0 Å². The van der Waals surface area contributed by atoms with Crippen molar-refractivity contribution in [2.75, 3.05) is 0 Å². The molecule has 3 aromatic rings. The molecule has 0 amide bonds. The van der Waals surface area contributed by atoms with Crippen molar-refractivity contribution in [3.63, 3.8) is 0 Å². The highest BCUT2D eigenvalue weighted by Gasteiger charge is 2.15. The zero-order chi connectivity index (χ0) is 21.8. The molecule has 0 N–H and O–H groups in total. The fourth-order valence-corrected chi connectivity index (χ4v) is 3.75. The Labute approximate surface area is 183 Å². The van der Waals surface area contributed by atoms with E-state index in [2.05, 4.69) is 125 Å². The van der Waals surface area contributed by atoms with Crippen LogP contribution in [0.1, 0.15) is 69.4 Å². The van der Waals surface area contributed by atoms with Crippen LogP contribution < -0.4 is 0 Å². The van der Waals surface area contributed by atoms with Crippen molar-refractivity contribution >= 4 is 0 Å². The van der Waals surface area contributed by atoms with Crippen LogP contribution in [0.2, 0.25) is 0 Å². The highest BCUT2D eigenvalue weighted by atomic mass is 15.1. The van der Waals surface area contributed by atoms with Crippen LogP contribution in [0.25, 0.3) is 0 Å². The average Bonchev–Trinajstić information content (AvgIpc) is 2.68. The first-order valence-corrected chi connectivity index (χ1v) is 11.1. The predicted octanol–water partition coefficient (Wildman–Crippen LogP) is 7.48. The summed E-state index contributed by atoms with van der Waals surface area (Å²) in [4.78, 5) is 2.54. The number of nitrogens with zero attached hydrogens (tertiary/aromatic N) is 1. The third kappa shape index (κ3) is 6.31. The SMILES string of the molecule is CC(C)(C)c1ccc(CN(Cc2ccccc2)Cc2ccc(C(C)(C)C)cc2)cc1. The van der Waals surface area contributed by atoms with Crippen molar-refractivity contribution < 1.29 is 0 Å². The van der Waals surface area contributed by atoms with Crippen LogP contribution in [0.3, 0.4) is 0 Å². The van der Waals surface area contributed by atoms with Gasteiger partial charge in [-0.1, -0.05) is 120 Å². The first kappa shape index (κ1) is 22.3. The van der Waals surface area contributed by atoms with E-state index in [9.17, 15) is 0 Å². The van der Waals surface area contributed by atoms with Crippen LogP contribution in [0.5, 0.6) is 0 Å². The van der Waals surface area contributed by atoms with Crippen LogP contribution >= 0.6 is 0 Å². The van der Waals surface area contributed by atoms with Gasteiger partial charge >= 0.3 is 0 Å². The molecule has 0 heterocycles. The molecule has 158 valence electrons. The minimum absolute atomic E-state index is 0.192. The Bertz CT molecular complexity index is 848. The zero-order valence-corrected chi connectivity index (χ0v) is 19.6. The van der Waals surface area contributed by atoms with Gasteiger partial charge in [0.1, 0.15) is 0 Å². The first-order chi connectivity index (χ1) is 14.1. The molecule has 1 nitrogen and oxygen atoms in total. The predicted molar refractivity (Wildman–Crippen MR) is 130 cm³/mol. The van der Waals surface area contributed by atoms with Gasteiger partial charge < -0.3 is 0 Å². The van der Waals surface area contributed by atoms with Gasteiger partial charge in [0.05, 0.1) is 0 Å². The van der Waals surface area contributed by atoms with Gasteiger partial charge in [-0.25, -0.2) is 0 Å². The van der Waals surface area contributed by atoms with Gasteiger partial charge in [0.25, 0.3) is 0 Å². The largest absolute Gasteiger partial charge is 0.291 e. The lowest BCUT2D eigenvalue weighted by Gasteiger charge is -2.25. The van der Waals surface area contributed by atoms with Crippen molar-refractivity contribution in [1.82, 2.24) is 4.90 Å². The Morgan fingerprint density at radius 2 is 0.800 bits per heavy atom. The van der Waals surface area contributed by atoms with E-state index < -0.39 is 0 Å². The molecule has 0 aliphatic rings. The standard InChI is InChI=1S/C29H37N/c1-28(2,3)26-16-12-24(13-17-26)21-30(20-23-10-8-7-9-11-23)22-25-14-18-27(19-15-25)29(4,5)6/h7-19H,20-22H2,1-6H3. The van der Waals surface area contributed by atoms with Crippen LogP contribution in [0.15, 0.2) is 78.9 Å². The summed E-state index contributed by atoms with van der Waals surface area (Å²) in [5.74, 6) is 0. The minimum atomic E-state index is 0.192. The van der Waals surface area contributed by atoms with Gasteiger partial charge in [0, 0.05) is 19.6 Å². The molecule has 30 heavy (non-hydrogen) atoms. The van der Waals surface area contributed by atoms with E-state index in [1.165, 1.54) is 27.8 Å². The molecule has 3 rings (SSSR count). The van der Waals surface area contributed by atoms with E-state index in [0.717, 1.165) is 19.6 Å². The normalized spacial score (nSPS) is 12.4. The Balaban J connectivity index is 1.78. The molecule has 0 atom stereocenters. The van der Waals surface area contributed by atoms with Gasteiger partial charge in [0.2, 0.25) is 0 Å². The lowest BCUT2D eigenvalue weighted by molar-refractivity contribution is 0.247. The fraction of sp³-hybridized carbons (Fsp3) is 0.379. The monoisotopic (exact) mass is 399 g/mol. The molecule has 1 heteroatoms. The van der Waals surface area contributed by atoms with Gasteiger partial charge in [-0.15, -0.1) is 0 Å². The minimum Gasteiger partial charge on any atom is -0.291 e. The van der Waals surface area contributed by atoms with Crippen LogP contribution in [-0.2, 0) is 30.5 Å². The van der Waals surface area contributed by atoms with Crippen LogP contribution in [0.4, 0.5) is 0 Å². The molecule has 0 saturated heterocycles. The highest BCUT2D eigenvalue weighted by Crippen LogP contribution is 2.25. The fourth-order valence-electron chi connectivity index (χ4n) is 3.75. The molecule has 0 bridgehead atoms. The molecule has 0 spiro atoms. The van der Waals surface area contributed by atoms with Crippen LogP contribution in [0, 0.1) is 0 Å². The second-order valence-electron chi connectivity index (χ2n) is 10.5. The molecular weight excluding hydrogens is 362 g/mol. The summed E-state index contributed by atoms with van der Waals surface area (Å²) in [6.07, 6.45) is 0. The maximum atomic E-state index is 2.54. The molecule has 0 radical (unpaired) electrons. The molecular formula is C29H37N. The second kappa shape index (κ2) is 9.18. The maximum Gasteiger partial charge on any atom is 0.0240 e. The molecule has 3 aromatic carbocycles. The summed E-state index contributed by atoms with van der Waals surface area (Å²) in [6, 6.07) is 29.1. The quantitative estimate of drug-likeness (QED) is 0.415. The molecule has 0 unspecified atom stereocenters. The Morgan fingerprint density at radius 1 is 0.467 bits per heavy atom. The van der Waals surface area contributed by atoms with E-state index in [0.29, 0.717) is 0 Å². The van der Waals surface area contributed by atoms with Gasteiger partial charge in [-0.2, -0.15) is 0 Å². The number of rotatable bonds is 6. The lowest BCUT2D eigenvalue weighted by Crippen LogP contribution is -2.22. The van der Waals surface area contributed by atoms with Crippen molar-refractivity contribution in [2.45, 2.75) is 72.0 Å². The molecule has 0 aliphatic carbocycles. The summed E-state index contributed by atoms with van der Waals surface area (Å²) in [6.45, 7) is 16.4. The highest BCUT2D eigenvalue weighted by molar-refractivity contribution is 5.29. The van der Waals surface area contributed by atoms with E-state index in [-0.39, 0.29) is 10.8 Å². The zero-order valence-electron chi connectivity index (χ0n) is 19.6. The van der Waals surface area contributed by atoms with Crippen molar-refractivity contribution in [2.24, 2.45) is 0 Å². The molecule has 0 aromatic heterocycles. The third-order valence-electron chi connectivity index (χ3n) is 5.70. The first-order valence-electron chi connectivity index (χ1n) is 11.1. The Morgan fingerprint density at radius 3 is 1.13 bits per heavy atom. The molecule has 0 aliphatic heterocycles. The number of hydrogen-bond donors (Lipinski definition) is 0. The van der Waals surface area contributed by atoms with E-state index >= 15 is 0 Å². The maximum absolute atomic E-state index is 2.54. The van der Waals surface area contributed by atoms with Gasteiger partial charge in [-0.3, -0.25) is 4.90 Å². The molecule has 0 fully saturated rings. The summed E-state index contributed by atoms with van der Waals surface area (Å²) >= 11 is 0. The Kier molecular flexibility index (Phi) is 6.83. The summed E-state index contributed by atoms with van der Waals surface area (Å²) < 4.78 is 0. The van der Waals surface area contributed by atoms with Crippen molar-refractivity contribution in [3.8, 4) is 0 Å². The van der Waals surface area contributed by atoms with E-state index in [4.69, 9.17) is 0 Å². The smallest absolute Gasteiger partial charge is 0.0240 e.